The monoisotopic (exact) mass is 890 g/mol. The molecule has 0 N–H and O–H groups in total. The van der Waals surface area contributed by atoms with E-state index in [1.54, 1.807) is 11.3 Å². The molecule has 0 bridgehead atoms. The quantitative estimate of drug-likeness (QED) is 0.123. The van der Waals surface area contributed by atoms with E-state index in [0.717, 1.165) is 39.4 Å². The molecule has 8 rings (SSSR count). The van der Waals surface area contributed by atoms with Crippen LogP contribution in [0.3, 0.4) is 0 Å². The summed E-state index contributed by atoms with van der Waals surface area (Å²) < 4.78 is 3.56. The first kappa shape index (κ1) is 37.3. The minimum absolute atomic E-state index is 0. The molecule has 0 amide bonds. The molecule has 0 unspecified atom stereocenters. The van der Waals surface area contributed by atoms with E-state index in [0.29, 0.717) is 5.92 Å². The van der Waals surface area contributed by atoms with Gasteiger partial charge in [-0.1, -0.05) is 121 Å². The zero-order chi connectivity index (χ0) is 35.7. The van der Waals surface area contributed by atoms with Gasteiger partial charge in [0.25, 0.3) is 0 Å². The third-order valence-electron chi connectivity index (χ3n) is 9.44. The molecule has 3 heterocycles. The number of fused-ring (bicyclic) bond motifs is 2. The Morgan fingerprint density at radius 2 is 1.48 bits per heavy atom. The van der Waals surface area contributed by atoms with Crippen LogP contribution < -0.4 is 5.19 Å². The van der Waals surface area contributed by atoms with Crippen LogP contribution in [0.5, 0.6) is 0 Å². The average Bonchev–Trinajstić information content (AvgIpc) is 3.73. The molecule has 6 heteroatoms. The molecule has 0 saturated carbocycles. The summed E-state index contributed by atoms with van der Waals surface area (Å²) in [4.78, 5) is 9.64. The first-order valence-electron chi connectivity index (χ1n) is 17.6. The van der Waals surface area contributed by atoms with E-state index < -0.39 is 8.07 Å². The fourth-order valence-electron chi connectivity index (χ4n) is 6.65. The minimum atomic E-state index is -1.23. The molecule has 5 aromatic carbocycles. The van der Waals surface area contributed by atoms with Gasteiger partial charge < -0.3 is 9.55 Å². The second-order valence-corrected chi connectivity index (χ2v) is 20.5. The molecule has 263 valence electrons. The SMILES string of the molecule is C[Si](C)(C)c1ccc(-c2[c-]cccc2)nc1.Cc1cc(-n2c(-c3[c-]sc4cc(C(C)C)ccc34)nc3ccccc32)cc(C)c1-c1ccccc1.[Ir]. The Morgan fingerprint density at radius 3 is 2.13 bits per heavy atom. The second-order valence-electron chi connectivity index (χ2n) is 14.5. The van der Waals surface area contributed by atoms with Crippen LogP contribution in [0.1, 0.15) is 36.5 Å². The third kappa shape index (κ3) is 7.67. The molecule has 0 atom stereocenters. The number of para-hydroxylation sites is 2. The first-order valence-corrected chi connectivity index (χ1v) is 21.9. The van der Waals surface area contributed by atoms with Gasteiger partial charge in [0.2, 0.25) is 0 Å². The number of hydrogen-bond donors (Lipinski definition) is 0. The van der Waals surface area contributed by atoms with Crippen LogP contribution in [0, 0.1) is 25.3 Å². The maximum Gasteiger partial charge on any atom is 0.0795 e. The maximum absolute atomic E-state index is 5.12. The van der Waals surface area contributed by atoms with E-state index in [-0.39, 0.29) is 20.1 Å². The van der Waals surface area contributed by atoms with Crippen LogP contribution in [-0.4, -0.2) is 22.6 Å². The zero-order valence-electron chi connectivity index (χ0n) is 30.8. The summed E-state index contributed by atoms with van der Waals surface area (Å²) in [5, 5.41) is 6.20. The average molecular weight is 890 g/mol. The Bertz CT molecular complexity index is 2420. The van der Waals surface area contributed by atoms with Gasteiger partial charge in [-0.2, -0.15) is 0 Å². The fourth-order valence-corrected chi connectivity index (χ4v) is 8.57. The molecule has 0 fully saturated rings. The smallest absolute Gasteiger partial charge is 0.0795 e. The van der Waals surface area contributed by atoms with Gasteiger partial charge >= 0.3 is 0 Å². The van der Waals surface area contributed by atoms with Crippen LogP contribution in [0.25, 0.3) is 60.6 Å². The normalized spacial score (nSPS) is 11.4. The minimum Gasteiger partial charge on any atom is -0.333 e. The number of benzene rings is 5. The van der Waals surface area contributed by atoms with Crippen molar-refractivity contribution < 1.29 is 20.1 Å². The number of aryl methyl sites for hydroxylation is 2. The number of aromatic nitrogens is 3. The first-order chi connectivity index (χ1) is 24.6. The van der Waals surface area contributed by atoms with Crippen molar-refractivity contribution in [2.45, 2.75) is 53.3 Å². The van der Waals surface area contributed by atoms with Gasteiger partial charge in [0.15, 0.2) is 0 Å². The maximum atomic E-state index is 5.12. The number of imidazole rings is 1. The predicted octanol–water partition coefficient (Wildman–Crippen LogP) is 12.2. The molecular formula is C46H43IrN3SSi-2. The van der Waals surface area contributed by atoms with Crippen LogP contribution in [0.15, 0.2) is 128 Å². The molecule has 0 aliphatic carbocycles. The van der Waals surface area contributed by atoms with Crippen molar-refractivity contribution in [3.8, 4) is 39.5 Å². The van der Waals surface area contributed by atoms with Crippen molar-refractivity contribution in [1.82, 2.24) is 14.5 Å². The fraction of sp³-hybridized carbons (Fsp3) is 0.174. The standard InChI is InChI=1S/C32H27N2S.C14H16NSi.Ir/c1-20(2)24-14-15-26-27(19-35-30(26)18-24)32-33-28-12-8-9-13-29(28)34(32)25-16-21(3)31(22(4)17-25)23-10-6-5-7-11-23;1-16(2,3)13-9-10-14(15-11-13)12-7-5-4-6-8-12;/h5-18,20H,1-4H3;4-7,9-11H,1-3H3;/q2*-1;. The van der Waals surface area contributed by atoms with Crippen molar-refractivity contribution in [3.63, 3.8) is 0 Å². The van der Waals surface area contributed by atoms with Crippen molar-refractivity contribution in [2.75, 3.05) is 0 Å². The Labute approximate surface area is 326 Å². The topological polar surface area (TPSA) is 30.7 Å². The summed E-state index contributed by atoms with van der Waals surface area (Å²) >= 11 is 1.68. The molecule has 0 aliphatic heterocycles. The largest absolute Gasteiger partial charge is 0.333 e. The van der Waals surface area contributed by atoms with E-state index in [1.807, 2.05) is 30.5 Å². The molecule has 0 saturated heterocycles. The Hall–Kier alpha value is -4.45. The number of nitrogens with zero attached hydrogens (tertiary/aromatic N) is 3. The van der Waals surface area contributed by atoms with E-state index in [4.69, 9.17) is 4.98 Å². The molecule has 8 aromatic rings. The van der Waals surface area contributed by atoms with Gasteiger partial charge in [-0.15, -0.1) is 47.3 Å². The number of pyridine rings is 1. The Kier molecular flexibility index (Phi) is 11.2. The summed E-state index contributed by atoms with van der Waals surface area (Å²) in [6.07, 6.45) is 2.02. The van der Waals surface area contributed by atoms with Crippen molar-refractivity contribution in [1.29, 1.82) is 0 Å². The zero-order valence-corrected chi connectivity index (χ0v) is 35.0. The van der Waals surface area contributed by atoms with Gasteiger partial charge in [0.05, 0.1) is 24.9 Å². The molecule has 3 nitrogen and oxygen atoms in total. The predicted molar refractivity (Wildman–Crippen MR) is 221 cm³/mol. The van der Waals surface area contributed by atoms with Crippen LogP contribution >= 0.6 is 11.3 Å². The molecule has 1 radical (unpaired) electrons. The van der Waals surface area contributed by atoms with Gasteiger partial charge in [-0.25, -0.2) is 0 Å². The molecule has 0 aliphatic rings. The Morgan fingerprint density at radius 1 is 0.769 bits per heavy atom. The van der Waals surface area contributed by atoms with Crippen LogP contribution in [0.4, 0.5) is 0 Å². The molecule has 0 spiro atoms. The Balaban J connectivity index is 0.000000230. The van der Waals surface area contributed by atoms with Crippen molar-refractivity contribution in [3.05, 3.63) is 156 Å². The summed E-state index contributed by atoms with van der Waals surface area (Å²) in [5.74, 6) is 1.45. The van der Waals surface area contributed by atoms with Crippen molar-refractivity contribution >= 4 is 45.7 Å². The molecule has 52 heavy (non-hydrogen) atoms. The van der Waals surface area contributed by atoms with Gasteiger partial charge in [-0.05, 0) is 77.2 Å². The number of thiophene rings is 1. The van der Waals surface area contributed by atoms with Crippen LogP contribution in [0.2, 0.25) is 19.6 Å². The van der Waals surface area contributed by atoms with E-state index in [2.05, 4.69) is 165 Å². The van der Waals surface area contributed by atoms with Gasteiger partial charge in [0, 0.05) is 32.0 Å². The second kappa shape index (κ2) is 15.7. The number of rotatable bonds is 6. The molecule has 3 aromatic heterocycles. The summed E-state index contributed by atoms with van der Waals surface area (Å²) in [7, 11) is -1.23. The van der Waals surface area contributed by atoms with Crippen molar-refractivity contribution in [2.24, 2.45) is 0 Å². The summed E-state index contributed by atoms with van der Waals surface area (Å²) in [6, 6.07) is 45.9. The van der Waals surface area contributed by atoms with E-state index >= 15 is 0 Å². The third-order valence-corrected chi connectivity index (χ3v) is 12.3. The number of hydrogen-bond acceptors (Lipinski definition) is 3. The van der Waals surface area contributed by atoms with Gasteiger partial charge in [-0.3, -0.25) is 16.3 Å². The summed E-state index contributed by atoms with van der Waals surface area (Å²) in [6.45, 7) is 15.9. The summed E-state index contributed by atoms with van der Waals surface area (Å²) in [5.41, 5.74) is 12.8. The van der Waals surface area contributed by atoms with Crippen LogP contribution in [-0.2, 0) is 20.1 Å². The van der Waals surface area contributed by atoms with E-state index in [9.17, 15) is 0 Å². The van der Waals surface area contributed by atoms with E-state index in [1.165, 1.54) is 43.1 Å². The molecular weight excluding hydrogens is 847 g/mol. The van der Waals surface area contributed by atoms with Gasteiger partial charge in [0.1, 0.15) is 0 Å².